The second-order valence-electron chi connectivity index (χ2n) is 2.43. The van der Waals surface area contributed by atoms with Crippen LogP contribution in [-0.2, 0) is 4.79 Å². The third-order valence-corrected chi connectivity index (χ3v) is 1.50. The minimum atomic E-state index is 0.775. The van der Waals surface area contributed by atoms with Crippen molar-refractivity contribution < 1.29 is 9.21 Å². The Bertz CT molecular complexity index is 282. The van der Waals surface area contributed by atoms with Crippen LogP contribution in [0.25, 0.3) is 5.57 Å². The molecule has 58 valence electrons. The molecule has 2 nitrogen and oxygen atoms in total. The fraction of sp³-hybridized carbons (Fsp3) is 0.222. The van der Waals surface area contributed by atoms with E-state index in [2.05, 4.69) is 0 Å². The number of aryl methyl sites for hydroxylation is 1. The van der Waals surface area contributed by atoms with E-state index in [0.29, 0.717) is 0 Å². The summed E-state index contributed by atoms with van der Waals surface area (Å²) >= 11 is 0. The standard InChI is InChI=1S/C9H10O2/c1-7(3-4-10)9-5-8(2)11-6-9/h3-6H,1-2H3/b7-3-. The number of carbonyl (C=O) groups is 1. The molecule has 0 spiro atoms. The van der Waals surface area contributed by atoms with Crippen molar-refractivity contribution >= 4 is 11.9 Å². The molecule has 0 N–H and O–H groups in total. The summed E-state index contributed by atoms with van der Waals surface area (Å²) in [6.07, 6.45) is 3.94. The van der Waals surface area contributed by atoms with E-state index in [0.717, 1.165) is 23.2 Å². The van der Waals surface area contributed by atoms with Crippen molar-refractivity contribution in [2.75, 3.05) is 0 Å². The summed E-state index contributed by atoms with van der Waals surface area (Å²) < 4.78 is 5.08. The molecule has 0 saturated heterocycles. The number of furan rings is 1. The van der Waals surface area contributed by atoms with Crippen LogP contribution in [0.1, 0.15) is 18.2 Å². The summed E-state index contributed by atoms with van der Waals surface area (Å²) in [5.41, 5.74) is 1.89. The molecule has 0 amide bonds. The Hall–Kier alpha value is -1.31. The van der Waals surface area contributed by atoms with Gasteiger partial charge in [-0.1, -0.05) is 0 Å². The Morgan fingerprint density at radius 1 is 1.64 bits per heavy atom. The molecule has 0 fully saturated rings. The molecule has 0 bridgehead atoms. The van der Waals surface area contributed by atoms with Crippen LogP contribution in [0, 0.1) is 6.92 Å². The van der Waals surface area contributed by atoms with Gasteiger partial charge in [-0.25, -0.2) is 0 Å². The molecule has 1 rings (SSSR count). The van der Waals surface area contributed by atoms with E-state index in [1.807, 2.05) is 19.9 Å². The molecule has 1 aromatic heterocycles. The SMILES string of the molecule is C/C(=C/C=O)c1coc(C)c1. The average molecular weight is 150 g/mol. The van der Waals surface area contributed by atoms with E-state index in [9.17, 15) is 4.79 Å². The molecule has 0 aliphatic heterocycles. The van der Waals surface area contributed by atoms with Crippen molar-refractivity contribution in [3.05, 3.63) is 29.7 Å². The third kappa shape index (κ3) is 1.80. The highest BCUT2D eigenvalue weighted by atomic mass is 16.3. The predicted molar refractivity (Wildman–Crippen MR) is 43.2 cm³/mol. The summed E-state index contributed by atoms with van der Waals surface area (Å²) in [5.74, 6) is 0.860. The van der Waals surface area contributed by atoms with Crippen molar-refractivity contribution in [1.82, 2.24) is 0 Å². The van der Waals surface area contributed by atoms with Gasteiger partial charge >= 0.3 is 0 Å². The van der Waals surface area contributed by atoms with Gasteiger partial charge in [-0.15, -0.1) is 0 Å². The molecule has 0 saturated carbocycles. The lowest BCUT2D eigenvalue weighted by Crippen LogP contribution is -1.73. The van der Waals surface area contributed by atoms with Gasteiger partial charge in [0.25, 0.3) is 0 Å². The first-order valence-corrected chi connectivity index (χ1v) is 3.41. The quantitative estimate of drug-likeness (QED) is 0.478. The Morgan fingerprint density at radius 2 is 2.36 bits per heavy atom. The number of hydrogen-bond donors (Lipinski definition) is 0. The molecule has 1 heterocycles. The van der Waals surface area contributed by atoms with Gasteiger partial charge in [0.2, 0.25) is 0 Å². The van der Waals surface area contributed by atoms with Gasteiger partial charge in [-0.05, 0) is 31.6 Å². The number of hydrogen-bond acceptors (Lipinski definition) is 2. The zero-order valence-electron chi connectivity index (χ0n) is 6.63. The van der Waals surface area contributed by atoms with Crippen molar-refractivity contribution in [1.29, 1.82) is 0 Å². The normalized spacial score (nSPS) is 11.6. The Kier molecular flexibility index (Phi) is 2.26. The maximum absolute atomic E-state index is 10.1. The van der Waals surface area contributed by atoms with Crippen molar-refractivity contribution in [3.63, 3.8) is 0 Å². The maximum atomic E-state index is 10.1. The van der Waals surface area contributed by atoms with Crippen molar-refractivity contribution in [2.45, 2.75) is 13.8 Å². The molecule has 11 heavy (non-hydrogen) atoms. The number of allylic oxidation sites excluding steroid dienone is 2. The summed E-state index contributed by atoms with van der Waals surface area (Å²) in [6, 6.07) is 1.90. The highest BCUT2D eigenvalue weighted by molar-refractivity contribution is 5.80. The van der Waals surface area contributed by atoms with Gasteiger partial charge in [0.15, 0.2) is 0 Å². The van der Waals surface area contributed by atoms with Crippen LogP contribution in [0.2, 0.25) is 0 Å². The topological polar surface area (TPSA) is 30.2 Å². The lowest BCUT2D eigenvalue weighted by molar-refractivity contribution is -0.104. The van der Waals surface area contributed by atoms with Crippen LogP contribution in [0.3, 0.4) is 0 Å². The predicted octanol–water partition coefficient (Wildman–Crippen LogP) is 2.19. The van der Waals surface area contributed by atoms with Crippen LogP contribution in [0.15, 0.2) is 22.8 Å². The highest BCUT2D eigenvalue weighted by Crippen LogP contribution is 2.15. The highest BCUT2D eigenvalue weighted by Gasteiger charge is 1.97. The van der Waals surface area contributed by atoms with Gasteiger partial charge in [-0.2, -0.15) is 0 Å². The molecule has 2 heteroatoms. The molecular weight excluding hydrogens is 140 g/mol. The Labute approximate surface area is 65.5 Å². The Morgan fingerprint density at radius 3 is 2.82 bits per heavy atom. The lowest BCUT2D eigenvalue weighted by Gasteiger charge is -1.89. The van der Waals surface area contributed by atoms with E-state index in [1.54, 1.807) is 6.26 Å². The maximum Gasteiger partial charge on any atom is 0.143 e. The fourth-order valence-electron chi connectivity index (χ4n) is 0.849. The third-order valence-electron chi connectivity index (χ3n) is 1.50. The molecule has 0 aromatic carbocycles. The first-order chi connectivity index (χ1) is 5.24. The largest absolute Gasteiger partial charge is 0.469 e. The minimum absolute atomic E-state index is 0.775. The second-order valence-corrected chi connectivity index (χ2v) is 2.43. The molecule has 0 aliphatic rings. The molecular formula is C9H10O2. The van der Waals surface area contributed by atoms with Crippen LogP contribution in [-0.4, -0.2) is 6.29 Å². The van der Waals surface area contributed by atoms with Crippen molar-refractivity contribution in [3.8, 4) is 0 Å². The van der Waals surface area contributed by atoms with E-state index in [-0.39, 0.29) is 0 Å². The minimum Gasteiger partial charge on any atom is -0.469 e. The van der Waals surface area contributed by atoms with Gasteiger partial charge in [-0.3, -0.25) is 4.79 Å². The molecule has 0 radical (unpaired) electrons. The van der Waals surface area contributed by atoms with Gasteiger partial charge in [0.05, 0.1) is 6.26 Å². The summed E-state index contributed by atoms with van der Waals surface area (Å²) in [4.78, 5) is 10.1. The van der Waals surface area contributed by atoms with E-state index in [4.69, 9.17) is 4.42 Å². The molecule has 0 atom stereocenters. The van der Waals surface area contributed by atoms with Gasteiger partial charge in [0.1, 0.15) is 12.0 Å². The van der Waals surface area contributed by atoms with Crippen LogP contribution < -0.4 is 0 Å². The van der Waals surface area contributed by atoms with Crippen LogP contribution in [0.4, 0.5) is 0 Å². The monoisotopic (exact) mass is 150 g/mol. The first kappa shape index (κ1) is 7.79. The first-order valence-electron chi connectivity index (χ1n) is 3.41. The number of carbonyl (C=O) groups excluding carboxylic acids is 1. The van der Waals surface area contributed by atoms with Crippen LogP contribution in [0.5, 0.6) is 0 Å². The van der Waals surface area contributed by atoms with E-state index in [1.165, 1.54) is 6.08 Å². The average Bonchev–Trinajstić information content (AvgIpc) is 2.36. The molecule has 0 unspecified atom stereocenters. The summed E-state index contributed by atoms with van der Waals surface area (Å²) in [7, 11) is 0. The Balaban J connectivity index is 2.93. The van der Waals surface area contributed by atoms with Crippen LogP contribution >= 0.6 is 0 Å². The van der Waals surface area contributed by atoms with Gasteiger partial charge < -0.3 is 4.42 Å². The summed E-state index contributed by atoms with van der Waals surface area (Å²) in [5, 5.41) is 0. The summed E-state index contributed by atoms with van der Waals surface area (Å²) in [6.45, 7) is 3.75. The lowest BCUT2D eigenvalue weighted by atomic mass is 10.1. The molecule has 0 aliphatic carbocycles. The fourth-order valence-corrected chi connectivity index (χ4v) is 0.849. The van der Waals surface area contributed by atoms with Gasteiger partial charge in [0, 0.05) is 5.56 Å². The van der Waals surface area contributed by atoms with E-state index < -0.39 is 0 Å². The van der Waals surface area contributed by atoms with Crippen molar-refractivity contribution in [2.24, 2.45) is 0 Å². The zero-order chi connectivity index (χ0) is 8.27. The number of rotatable bonds is 2. The molecule has 1 aromatic rings. The number of aldehydes is 1. The van der Waals surface area contributed by atoms with E-state index >= 15 is 0 Å². The zero-order valence-corrected chi connectivity index (χ0v) is 6.63. The second kappa shape index (κ2) is 3.19. The smallest absolute Gasteiger partial charge is 0.143 e.